The molecule has 0 aliphatic heterocycles. The third-order valence-corrected chi connectivity index (χ3v) is 4.14. The van der Waals surface area contributed by atoms with Crippen LogP contribution in [0.1, 0.15) is 34.0 Å². The molecule has 1 unspecified atom stereocenters. The van der Waals surface area contributed by atoms with E-state index in [1.54, 1.807) is 25.1 Å². The minimum absolute atomic E-state index is 0.286. The summed E-state index contributed by atoms with van der Waals surface area (Å²) in [6, 6.07) is 10.8. The Kier molecular flexibility index (Phi) is 5.80. The molecule has 25 heavy (non-hydrogen) atoms. The quantitative estimate of drug-likeness (QED) is 0.840. The van der Waals surface area contributed by atoms with Crippen LogP contribution in [0, 0.1) is 20.8 Å². The predicted octanol–water partition coefficient (Wildman–Crippen LogP) is 3.80. The van der Waals surface area contributed by atoms with Gasteiger partial charge in [-0.15, -0.1) is 0 Å². The van der Waals surface area contributed by atoms with Gasteiger partial charge in [0, 0.05) is 5.69 Å². The number of hydrogen-bond acceptors (Lipinski definition) is 4. The van der Waals surface area contributed by atoms with Crippen LogP contribution < -0.4 is 10.1 Å². The van der Waals surface area contributed by atoms with Crippen molar-refractivity contribution in [2.75, 3.05) is 12.4 Å². The highest BCUT2D eigenvalue weighted by molar-refractivity contribution is 5.97. The molecule has 1 N–H and O–H groups in total. The van der Waals surface area contributed by atoms with Crippen LogP contribution in [-0.2, 0) is 9.53 Å². The maximum absolute atomic E-state index is 12.5. The largest absolute Gasteiger partial charge is 0.481 e. The molecule has 0 saturated carbocycles. The van der Waals surface area contributed by atoms with Crippen molar-refractivity contribution in [1.82, 2.24) is 0 Å². The van der Waals surface area contributed by atoms with E-state index in [1.807, 2.05) is 39.0 Å². The van der Waals surface area contributed by atoms with Gasteiger partial charge >= 0.3 is 5.97 Å². The zero-order chi connectivity index (χ0) is 18.6. The van der Waals surface area contributed by atoms with Crippen molar-refractivity contribution in [3.8, 4) is 5.75 Å². The van der Waals surface area contributed by atoms with E-state index in [0.29, 0.717) is 17.0 Å². The molecule has 0 aliphatic carbocycles. The Morgan fingerprint density at radius 2 is 1.76 bits per heavy atom. The topological polar surface area (TPSA) is 64.6 Å². The standard InChI is InChI=1S/C20H23NO4/c1-12-7-6-8-18(14(12)3)25-15(4)19(22)21-17-11-16(20(23)24-5)10-9-13(17)2/h6-11,15H,1-5H3,(H,21,22). The number of aryl methyl sites for hydroxylation is 2. The summed E-state index contributed by atoms with van der Waals surface area (Å²) < 4.78 is 10.5. The predicted molar refractivity (Wildman–Crippen MR) is 97.2 cm³/mol. The van der Waals surface area contributed by atoms with Gasteiger partial charge in [0.2, 0.25) is 0 Å². The summed E-state index contributed by atoms with van der Waals surface area (Å²) in [7, 11) is 1.32. The van der Waals surface area contributed by atoms with E-state index in [0.717, 1.165) is 16.7 Å². The average molecular weight is 341 g/mol. The molecule has 0 aliphatic rings. The monoisotopic (exact) mass is 341 g/mol. The van der Waals surface area contributed by atoms with Crippen molar-refractivity contribution >= 4 is 17.6 Å². The van der Waals surface area contributed by atoms with Crippen LogP contribution in [-0.4, -0.2) is 25.1 Å². The van der Waals surface area contributed by atoms with E-state index in [9.17, 15) is 9.59 Å². The van der Waals surface area contributed by atoms with Gasteiger partial charge < -0.3 is 14.8 Å². The number of methoxy groups -OCH3 is 1. The van der Waals surface area contributed by atoms with Gasteiger partial charge in [-0.05, 0) is 62.6 Å². The molecule has 0 spiro atoms. The van der Waals surface area contributed by atoms with Gasteiger partial charge in [0.05, 0.1) is 12.7 Å². The smallest absolute Gasteiger partial charge is 0.337 e. The molecule has 2 rings (SSSR count). The molecule has 0 fully saturated rings. The fourth-order valence-corrected chi connectivity index (χ4v) is 2.33. The summed E-state index contributed by atoms with van der Waals surface area (Å²) in [5, 5.41) is 2.81. The van der Waals surface area contributed by atoms with Crippen LogP contribution in [0.3, 0.4) is 0 Å². The van der Waals surface area contributed by atoms with E-state index in [2.05, 4.69) is 5.32 Å². The van der Waals surface area contributed by atoms with Crippen LogP contribution in [0.25, 0.3) is 0 Å². The number of nitrogens with one attached hydrogen (secondary N) is 1. The highest BCUT2D eigenvalue weighted by atomic mass is 16.5. The third-order valence-electron chi connectivity index (χ3n) is 4.14. The van der Waals surface area contributed by atoms with Crippen molar-refractivity contribution < 1.29 is 19.1 Å². The Balaban J connectivity index is 2.13. The lowest BCUT2D eigenvalue weighted by atomic mass is 10.1. The summed E-state index contributed by atoms with van der Waals surface area (Å²) in [5.74, 6) is -0.0520. The fourth-order valence-electron chi connectivity index (χ4n) is 2.33. The van der Waals surface area contributed by atoms with Gasteiger partial charge in [0.1, 0.15) is 5.75 Å². The lowest BCUT2D eigenvalue weighted by Crippen LogP contribution is -2.30. The first kappa shape index (κ1) is 18.5. The molecule has 2 aromatic rings. The van der Waals surface area contributed by atoms with Gasteiger partial charge in [-0.25, -0.2) is 4.79 Å². The molecule has 0 radical (unpaired) electrons. The van der Waals surface area contributed by atoms with Gasteiger partial charge in [-0.2, -0.15) is 0 Å². The number of hydrogen-bond donors (Lipinski definition) is 1. The number of benzene rings is 2. The number of rotatable bonds is 5. The van der Waals surface area contributed by atoms with Crippen LogP contribution in [0.2, 0.25) is 0 Å². The summed E-state index contributed by atoms with van der Waals surface area (Å²) in [6.45, 7) is 7.50. The van der Waals surface area contributed by atoms with Gasteiger partial charge in [-0.1, -0.05) is 18.2 Å². The molecule has 0 bridgehead atoms. The maximum Gasteiger partial charge on any atom is 0.337 e. The zero-order valence-electron chi connectivity index (χ0n) is 15.2. The maximum atomic E-state index is 12.5. The molecule has 5 heteroatoms. The zero-order valence-corrected chi connectivity index (χ0v) is 15.2. The molecule has 0 saturated heterocycles. The van der Waals surface area contributed by atoms with Gasteiger partial charge in [0.15, 0.2) is 6.10 Å². The van der Waals surface area contributed by atoms with Crippen molar-refractivity contribution in [1.29, 1.82) is 0 Å². The van der Waals surface area contributed by atoms with E-state index in [4.69, 9.17) is 9.47 Å². The molecule has 5 nitrogen and oxygen atoms in total. The Labute approximate surface area is 148 Å². The van der Waals surface area contributed by atoms with Crippen molar-refractivity contribution in [3.05, 3.63) is 58.7 Å². The first-order valence-corrected chi connectivity index (χ1v) is 8.06. The SMILES string of the molecule is COC(=O)c1ccc(C)c(NC(=O)C(C)Oc2cccc(C)c2C)c1. The second-order valence-corrected chi connectivity index (χ2v) is 5.97. The number of carbonyl (C=O) groups excluding carboxylic acids is 2. The third kappa shape index (κ3) is 4.38. The van der Waals surface area contributed by atoms with Crippen molar-refractivity contribution in [2.45, 2.75) is 33.8 Å². The van der Waals surface area contributed by atoms with E-state index < -0.39 is 12.1 Å². The van der Waals surface area contributed by atoms with Crippen LogP contribution in [0.4, 0.5) is 5.69 Å². The second kappa shape index (κ2) is 7.83. The summed E-state index contributed by atoms with van der Waals surface area (Å²) in [4.78, 5) is 24.1. The second-order valence-electron chi connectivity index (χ2n) is 5.97. The number of esters is 1. The molecule has 0 aromatic heterocycles. The average Bonchev–Trinajstić information content (AvgIpc) is 2.60. The van der Waals surface area contributed by atoms with Crippen LogP contribution in [0.15, 0.2) is 36.4 Å². The van der Waals surface area contributed by atoms with Crippen LogP contribution in [0.5, 0.6) is 5.75 Å². The van der Waals surface area contributed by atoms with E-state index in [-0.39, 0.29) is 5.91 Å². The lowest BCUT2D eigenvalue weighted by molar-refractivity contribution is -0.122. The van der Waals surface area contributed by atoms with Crippen molar-refractivity contribution in [3.63, 3.8) is 0 Å². The summed E-state index contributed by atoms with van der Waals surface area (Å²) in [5.41, 5.74) is 3.90. The van der Waals surface area contributed by atoms with Crippen molar-refractivity contribution in [2.24, 2.45) is 0 Å². The molecule has 132 valence electrons. The highest BCUT2D eigenvalue weighted by Crippen LogP contribution is 2.23. The first-order valence-electron chi connectivity index (χ1n) is 8.06. The number of ether oxygens (including phenoxy) is 2. The Morgan fingerprint density at radius 1 is 1.04 bits per heavy atom. The Morgan fingerprint density at radius 3 is 2.44 bits per heavy atom. The summed E-state index contributed by atoms with van der Waals surface area (Å²) >= 11 is 0. The number of carbonyl (C=O) groups is 2. The molecular formula is C20H23NO4. The molecule has 1 amide bonds. The fraction of sp³-hybridized carbons (Fsp3) is 0.300. The molecular weight excluding hydrogens is 318 g/mol. The van der Waals surface area contributed by atoms with Gasteiger partial charge in [0.25, 0.3) is 5.91 Å². The summed E-state index contributed by atoms with van der Waals surface area (Å²) in [6.07, 6.45) is -0.679. The molecule has 1 atom stereocenters. The Bertz CT molecular complexity index is 798. The normalized spacial score (nSPS) is 11.6. The Hall–Kier alpha value is -2.82. The van der Waals surface area contributed by atoms with Gasteiger partial charge in [-0.3, -0.25) is 4.79 Å². The van der Waals surface area contributed by atoms with E-state index in [1.165, 1.54) is 7.11 Å². The first-order chi connectivity index (χ1) is 11.8. The highest BCUT2D eigenvalue weighted by Gasteiger charge is 2.18. The minimum Gasteiger partial charge on any atom is -0.481 e. The number of anilines is 1. The molecule has 0 heterocycles. The number of amides is 1. The molecule has 2 aromatic carbocycles. The van der Waals surface area contributed by atoms with E-state index >= 15 is 0 Å². The lowest BCUT2D eigenvalue weighted by Gasteiger charge is -2.18. The minimum atomic E-state index is -0.679. The van der Waals surface area contributed by atoms with Crippen LogP contribution >= 0.6 is 0 Å².